The van der Waals surface area contributed by atoms with Crippen LogP contribution in [0.3, 0.4) is 0 Å². The predicted octanol–water partition coefficient (Wildman–Crippen LogP) is 0.156. The fourth-order valence-corrected chi connectivity index (χ4v) is 1.08. The summed E-state index contributed by atoms with van der Waals surface area (Å²) in [6.45, 7) is 3.29. The third-order valence-electron chi connectivity index (χ3n) is 1.63. The van der Waals surface area contributed by atoms with Crippen LogP contribution in [0, 0.1) is 6.42 Å². The van der Waals surface area contributed by atoms with Crippen LogP contribution < -0.4 is 0 Å². The van der Waals surface area contributed by atoms with E-state index in [0.717, 1.165) is 32.5 Å². The fraction of sp³-hybridized carbons (Fsp3) is 0.857. The number of aliphatic hydroxyl groups excluding tert-OH is 1. The first-order valence-electron chi connectivity index (χ1n) is 3.47. The van der Waals surface area contributed by atoms with E-state index >= 15 is 0 Å². The van der Waals surface area contributed by atoms with Crippen LogP contribution in [-0.2, 0) is 0 Å². The Balaban J connectivity index is 2.08. The van der Waals surface area contributed by atoms with Crippen molar-refractivity contribution in [1.82, 2.24) is 4.90 Å². The Labute approximate surface area is 56.5 Å². The monoisotopic (exact) mass is 127 g/mol. The number of likely N-dealkylation sites (tertiary alicyclic amines) is 1. The zero-order valence-electron chi connectivity index (χ0n) is 5.64. The molecule has 2 nitrogen and oxygen atoms in total. The number of hydrogen-bond acceptors (Lipinski definition) is 2. The first-order valence-corrected chi connectivity index (χ1v) is 3.47. The smallest absolute Gasteiger partial charge is 0.0558 e. The van der Waals surface area contributed by atoms with Gasteiger partial charge in [-0.05, 0) is 32.4 Å². The van der Waals surface area contributed by atoms with Crippen molar-refractivity contribution >= 4 is 0 Å². The Morgan fingerprint density at radius 3 is 2.56 bits per heavy atom. The highest BCUT2D eigenvalue weighted by atomic mass is 16.3. The van der Waals surface area contributed by atoms with Crippen LogP contribution in [0.2, 0.25) is 0 Å². The van der Waals surface area contributed by atoms with Crippen LogP contribution in [0.25, 0.3) is 0 Å². The van der Waals surface area contributed by atoms with Gasteiger partial charge >= 0.3 is 0 Å². The van der Waals surface area contributed by atoms with Crippen LogP contribution in [0.1, 0.15) is 12.8 Å². The van der Waals surface area contributed by atoms with Crippen molar-refractivity contribution in [2.24, 2.45) is 0 Å². The second kappa shape index (κ2) is 3.85. The minimum absolute atomic E-state index is 0.292. The van der Waals surface area contributed by atoms with Gasteiger partial charge in [0.25, 0.3) is 0 Å². The van der Waals surface area contributed by atoms with Crippen molar-refractivity contribution in [1.29, 1.82) is 0 Å². The first-order chi connectivity index (χ1) is 4.43. The second-order valence-electron chi connectivity index (χ2n) is 2.32. The summed E-state index contributed by atoms with van der Waals surface area (Å²) in [5.74, 6) is 0. The molecule has 1 aliphatic heterocycles. The van der Waals surface area contributed by atoms with Crippen molar-refractivity contribution in [2.45, 2.75) is 12.8 Å². The largest absolute Gasteiger partial charge is 0.395 e. The minimum atomic E-state index is 0.292. The average molecular weight is 127 g/mol. The SMILES string of the molecule is OCCN1CC[C]CC1. The van der Waals surface area contributed by atoms with E-state index in [4.69, 9.17) is 5.11 Å². The molecular formula is C7H13NO. The molecule has 0 amide bonds. The average Bonchev–Trinajstić information content (AvgIpc) is 1.91. The van der Waals surface area contributed by atoms with Crippen LogP contribution in [-0.4, -0.2) is 36.2 Å². The fourth-order valence-electron chi connectivity index (χ4n) is 1.08. The molecule has 2 radical (unpaired) electrons. The molecule has 1 N–H and O–H groups in total. The van der Waals surface area contributed by atoms with Gasteiger partial charge in [-0.2, -0.15) is 0 Å². The van der Waals surface area contributed by atoms with Crippen LogP contribution >= 0.6 is 0 Å². The zero-order chi connectivity index (χ0) is 6.53. The number of aliphatic hydroxyl groups is 1. The molecule has 52 valence electrons. The van der Waals surface area contributed by atoms with Crippen molar-refractivity contribution in [3.05, 3.63) is 6.42 Å². The molecule has 1 saturated heterocycles. The Hall–Kier alpha value is -0.0800. The van der Waals surface area contributed by atoms with Crippen molar-refractivity contribution in [3.8, 4) is 0 Å². The maximum atomic E-state index is 8.56. The van der Waals surface area contributed by atoms with Gasteiger partial charge in [-0.1, -0.05) is 0 Å². The lowest BCUT2D eigenvalue weighted by atomic mass is 10.1. The van der Waals surface area contributed by atoms with Crippen molar-refractivity contribution < 1.29 is 5.11 Å². The molecule has 0 aromatic heterocycles. The molecule has 9 heavy (non-hydrogen) atoms. The van der Waals surface area contributed by atoms with Crippen LogP contribution in [0.5, 0.6) is 0 Å². The molecule has 1 rings (SSSR count). The molecule has 1 aliphatic rings. The van der Waals surface area contributed by atoms with E-state index in [1.807, 2.05) is 0 Å². The lowest BCUT2D eigenvalue weighted by molar-refractivity contribution is 0.186. The molecule has 1 fully saturated rings. The second-order valence-corrected chi connectivity index (χ2v) is 2.32. The summed E-state index contributed by atoms with van der Waals surface area (Å²) in [6, 6.07) is 0. The Kier molecular flexibility index (Phi) is 3.01. The number of β-amino-alcohol motifs (C(OH)–C–C–N with tert-alkyl or cyclic N) is 1. The molecule has 0 bridgehead atoms. The van der Waals surface area contributed by atoms with Gasteiger partial charge in [0.2, 0.25) is 0 Å². The van der Waals surface area contributed by atoms with Crippen molar-refractivity contribution in [2.75, 3.05) is 26.2 Å². The van der Waals surface area contributed by atoms with Crippen molar-refractivity contribution in [3.63, 3.8) is 0 Å². The number of hydrogen-bond donors (Lipinski definition) is 1. The van der Waals surface area contributed by atoms with E-state index in [2.05, 4.69) is 11.3 Å². The van der Waals surface area contributed by atoms with Crippen LogP contribution in [0.4, 0.5) is 0 Å². The Morgan fingerprint density at radius 1 is 1.33 bits per heavy atom. The number of rotatable bonds is 2. The van der Waals surface area contributed by atoms with Gasteiger partial charge in [0.05, 0.1) is 6.61 Å². The van der Waals surface area contributed by atoms with Gasteiger partial charge < -0.3 is 10.0 Å². The van der Waals surface area contributed by atoms with Gasteiger partial charge in [-0.15, -0.1) is 0 Å². The zero-order valence-corrected chi connectivity index (χ0v) is 5.64. The van der Waals surface area contributed by atoms with E-state index < -0.39 is 0 Å². The van der Waals surface area contributed by atoms with E-state index in [9.17, 15) is 0 Å². The summed E-state index contributed by atoms with van der Waals surface area (Å²) >= 11 is 0. The van der Waals surface area contributed by atoms with E-state index in [-0.39, 0.29) is 0 Å². The summed E-state index contributed by atoms with van der Waals surface area (Å²) in [5, 5.41) is 8.56. The summed E-state index contributed by atoms with van der Waals surface area (Å²) in [7, 11) is 0. The highest BCUT2D eigenvalue weighted by molar-refractivity contribution is 4.75. The third kappa shape index (κ3) is 2.33. The highest BCUT2D eigenvalue weighted by Crippen LogP contribution is 2.05. The first kappa shape index (κ1) is 7.03. The molecule has 2 heteroatoms. The molecule has 0 aromatic carbocycles. The van der Waals surface area contributed by atoms with Gasteiger partial charge in [0.1, 0.15) is 0 Å². The summed E-state index contributed by atoms with van der Waals surface area (Å²) in [4.78, 5) is 2.26. The highest BCUT2D eigenvalue weighted by Gasteiger charge is 2.08. The van der Waals surface area contributed by atoms with E-state index in [1.54, 1.807) is 0 Å². The molecule has 0 aromatic rings. The molecule has 1 heterocycles. The summed E-state index contributed by atoms with van der Waals surface area (Å²) < 4.78 is 0. The lowest BCUT2D eigenvalue weighted by Crippen LogP contribution is -2.32. The van der Waals surface area contributed by atoms with Crippen LogP contribution in [0.15, 0.2) is 0 Å². The number of nitrogens with zero attached hydrogens (tertiary/aromatic N) is 1. The lowest BCUT2D eigenvalue weighted by Gasteiger charge is -2.24. The maximum Gasteiger partial charge on any atom is 0.0558 e. The molecule has 0 saturated carbocycles. The standard InChI is InChI=1S/C7H13NO/c9-7-6-8-4-2-1-3-5-8/h9H,2-7H2. The van der Waals surface area contributed by atoms with Gasteiger partial charge in [0.15, 0.2) is 0 Å². The van der Waals surface area contributed by atoms with Gasteiger partial charge in [0, 0.05) is 6.54 Å². The Morgan fingerprint density at radius 2 is 2.00 bits per heavy atom. The number of piperidine rings is 1. The molecular weight excluding hydrogens is 114 g/mol. The van der Waals surface area contributed by atoms with E-state index in [1.165, 1.54) is 0 Å². The van der Waals surface area contributed by atoms with Gasteiger partial charge in [-0.25, -0.2) is 0 Å². The normalized spacial score (nSPS) is 22.3. The Bertz CT molecular complexity index is 66.6. The maximum absolute atomic E-state index is 8.56. The third-order valence-corrected chi connectivity index (χ3v) is 1.63. The van der Waals surface area contributed by atoms with E-state index in [0.29, 0.717) is 6.61 Å². The quantitative estimate of drug-likeness (QED) is 0.571. The van der Waals surface area contributed by atoms with Gasteiger partial charge in [-0.3, -0.25) is 0 Å². The molecule has 0 aliphatic carbocycles. The molecule has 0 atom stereocenters. The molecule has 0 spiro atoms. The molecule has 0 unspecified atom stereocenters. The topological polar surface area (TPSA) is 23.5 Å². The summed E-state index contributed by atoms with van der Waals surface area (Å²) in [5.41, 5.74) is 0. The predicted molar refractivity (Wildman–Crippen MR) is 36.0 cm³/mol. The summed E-state index contributed by atoms with van der Waals surface area (Å²) in [6.07, 6.45) is 5.39. The minimum Gasteiger partial charge on any atom is -0.395 e.